The maximum Gasteiger partial charge on any atom is 0.275 e. The Morgan fingerprint density at radius 1 is 1.24 bits per heavy atom. The van der Waals surface area contributed by atoms with Crippen LogP contribution in [0.15, 0.2) is 40.4 Å². The SMILES string of the molecule is CCCCNc1ncc(C(=O)NNc2ccc(S(N)(=O)=O)cc2)c(N=CC2CCC(O)CC2)n1. The van der Waals surface area contributed by atoms with Gasteiger partial charge in [0.2, 0.25) is 16.0 Å². The Bertz CT molecular complexity index is 1100. The number of amides is 1. The molecule has 0 bridgehead atoms. The molecule has 1 amide bonds. The van der Waals surface area contributed by atoms with E-state index in [0.29, 0.717) is 18.2 Å². The number of primary sulfonamides is 1. The van der Waals surface area contributed by atoms with E-state index in [0.717, 1.165) is 38.5 Å². The highest BCUT2D eigenvalue weighted by molar-refractivity contribution is 7.89. The first-order chi connectivity index (χ1) is 16.3. The predicted octanol–water partition coefficient (Wildman–Crippen LogP) is 2.35. The zero-order valence-electron chi connectivity index (χ0n) is 19.1. The molecule has 184 valence electrons. The molecule has 1 heterocycles. The topological polar surface area (TPSA) is 172 Å². The van der Waals surface area contributed by atoms with Crippen molar-refractivity contribution in [2.45, 2.75) is 56.4 Å². The second-order valence-corrected chi connectivity index (χ2v) is 9.77. The Hall–Kier alpha value is -3.09. The molecular weight excluding hydrogens is 458 g/mol. The number of hydrogen-bond acceptors (Lipinski definition) is 9. The number of aliphatic hydroxyl groups excluding tert-OH is 1. The Morgan fingerprint density at radius 3 is 2.59 bits per heavy atom. The first-order valence-electron chi connectivity index (χ1n) is 11.3. The van der Waals surface area contributed by atoms with E-state index in [9.17, 15) is 18.3 Å². The second-order valence-electron chi connectivity index (χ2n) is 8.21. The summed E-state index contributed by atoms with van der Waals surface area (Å²) in [5.74, 6) is 0.342. The number of aliphatic hydroxyl groups is 1. The summed E-state index contributed by atoms with van der Waals surface area (Å²) >= 11 is 0. The molecule has 1 aliphatic carbocycles. The molecule has 1 aromatic heterocycles. The largest absolute Gasteiger partial charge is 0.393 e. The highest BCUT2D eigenvalue weighted by atomic mass is 32.2. The Labute approximate surface area is 199 Å². The number of aromatic nitrogens is 2. The van der Waals surface area contributed by atoms with E-state index in [1.54, 1.807) is 6.21 Å². The van der Waals surface area contributed by atoms with Crippen LogP contribution in [0.25, 0.3) is 0 Å². The lowest BCUT2D eigenvalue weighted by molar-refractivity contribution is 0.0962. The minimum Gasteiger partial charge on any atom is -0.393 e. The third-order valence-corrected chi connectivity index (χ3v) is 6.41. The van der Waals surface area contributed by atoms with Gasteiger partial charge < -0.3 is 10.4 Å². The van der Waals surface area contributed by atoms with Gasteiger partial charge in [0, 0.05) is 19.0 Å². The zero-order valence-corrected chi connectivity index (χ0v) is 19.9. The van der Waals surface area contributed by atoms with Crippen molar-refractivity contribution in [3.8, 4) is 0 Å². The van der Waals surface area contributed by atoms with Crippen LogP contribution in [-0.2, 0) is 10.0 Å². The van der Waals surface area contributed by atoms with Crippen LogP contribution in [0.5, 0.6) is 0 Å². The molecule has 1 aliphatic rings. The van der Waals surface area contributed by atoms with Gasteiger partial charge in [-0.15, -0.1) is 0 Å². The first kappa shape index (κ1) is 25.5. The van der Waals surface area contributed by atoms with Crippen molar-refractivity contribution in [2.24, 2.45) is 16.0 Å². The number of hydrogen-bond donors (Lipinski definition) is 5. The molecule has 0 aliphatic heterocycles. The number of aliphatic imine (C=N–C) groups is 1. The summed E-state index contributed by atoms with van der Waals surface area (Å²) in [7, 11) is -3.80. The number of anilines is 2. The fourth-order valence-electron chi connectivity index (χ4n) is 3.44. The highest BCUT2D eigenvalue weighted by Gasteiger charge is 2.19. The minimum absolute atomic E-state index is 0.0317. The predicted molar refractivity (Wildman–Crippen MR) is 130 cm³/mol. The van der Waals surface area contributed by atoms with Gasteiger partial charge in [0.25, 0.3) is 5.91 Å². The van der Waals surface area contributed by atoms with E-state index in [1.807, 2.05) is 0 Å². The fraction of sp³-hybridized carbons (Fsp3) is 0.455. The van der Waals surface area contributed by atoms with Crippen molar-refractivity contribution >= 4 is 39.6 Å². The summed E-state index contributed by atoms with van der Waals surface area (Å²) in [4.78, 5) is 25.9. The number of benzene rings is 1. The number of carbonyl (C=O) groups is 1. The van der Waals surface area contributed by atoms with Crippen molar-refractivity contribution < 1.29 is 18.3 Å². The second kappa shape index (κ2) is 11.9. The molecule has 1 aromatic carbocycles. The molecule has 0 spiro atoms. The van der Waals surface area contributed by atoms with Crippen LogP contribution in [0, 0.1) is 5.92 Å². The van der Waals surface area contributed by atoms with Crippen molar-refractivity contribution in [3.63, 3.8) is 0 Å². The molecule has 0 radical (unpaired) electrons. The molecule has 0 unspecified atom stereocenters. The Balaban J connectivity index is 1.73. The van der Waals surface area contributed by atoms with E-state index in [2.05, 4.69) is 38.1 Å². The lowest BCUT2D eigenvalue weighted by Crippen LogP contribution is -2.30. The Morgan fingerprint density at radius 2 is 1.94 bits per heavy atom. The maximum atomic E-state index is 12.8. The molecule has 6 N–H and O–H groups in total. The number of sulfonamides is 1. The fourth-order valence-corrected chi connectivity index (χ4v) is 3.96. The van der Waals surface area contributed by atoms with E-state index in [4.69, 9.17) is 5.14 Å². The molecule has 0 saturated heterocycles. The van der Waals surface area contributed by atoms with Crippen molar-refractivity contribution in [3.05, 3.63) is 36.0 Å². The number of carbonyl (C=O) groups excluding carboxylic acids is 1. The van der Waals surface area contributed by atoms with Crippen LogP contribution in [0.4, 0.5) is 17.5 Å². The average Bonchev–Trinajstić information content (AvgIpc) is 2.82. The number of nitrogens with zero attached hydrogens (tertiary/aromatic N) is 3. The summed E-state index contributed by atoms with van der Waals surface area (Å²) in [5.41, 5.74) is 5.93. The van der Waals surface area contributed by atoms with Gasteiger partial charge in [-0.25, -0.2) is 23.5 Å². The van der Waals surface area contributed by atoms with E-state index >= 15 is 0 Å². The number of hydrazine groups is 1. The summed E-state index contributed by atoms with van der Waals surface area (Å²) in [6.45, 7) is 2.80. The van der Waals surface area contributed by atoms with Crippen LogP contribution < -0.4 is 21.3 Å². The molecule has 0 atom stereocenters. The lowest BCUT2D eigenvalue weighted by Gasteiger charge is -2.22. The van der Waals surface area contributed by atoms with Crippen LogP contribution in [-0.4, -0.2) is 48.3 Å². The molecule has 1 saturated carbocycles. The van der Waals surface area contributed by atoms with Crippen LogP contribution in [0.2, 0.25) is 0 Å². The molecule has 2 aromatic rings. The van der Waals surface area contributed by atoms with Gasteiger partial charge in [0.15, 0.2) is 5.82 Å². The molecule has 34 heavy (non-hydrogen) atoms. The number of nitrogens with two attached hydrogens (primary N) is 1. The highest BCUT2D eigenvalue weighted by Crippen LogP contribution is 2.24. The monoisotopic (exact) mass is 489 g/mol. The summed E-state index contributed by atoms with van der Waals surface area (Å²) < 4.78 is 22.8. The number of rotatable bonds is 10. The summed E-state index contributed by atoms with van der Waals surface area (Å²) in [5, 5.41) is 17.9. The van der Waals surface area contributed by atoms with E-state index < -0.39 is 15.9 Å². The zero-order chi connectivity index (χ0) is 24.6. The van der Waals surface area contributed by atoms with Gasteiger partial charge in [0.1, 0.15) is 5.56 Å². The lowest BCUT2D eigenvalue weighted by atomic mass is 9.88. The van der Waals surface area contributed by atoms with Crippen LogP contribution in [0.3, 0.4) is 0 Å². The smallest absolute Gasteiger partial charge is 0.275 e. The minimum atomic E-state index is -3.80. The van der Waals surface area contributed by atoms with Gasteiger partial charge in [0.05, 0.1) is 16.7 Å². The van der Waals surface area contributed by atoms with E-state index in [1.165, 1.54) is 30.5 Å². The van der Waals surface area contributed by atoms with Gasteiger partial charge in [-0.3, -0.25) is 15.6 Å². The number of unbranched alkanes of at least 4 members (excludes halogenated alkanes) is 1. The standard InChI is InChI=1S/C22H31N7O4S/c1-2-3-12-24-22-26-14-19(20(27-22)25-13-15-4-8-17(30)9-5-15)21(31)29-28-16-6-10-18(11-7-16)34(23,32)33/h6-7,10-11,13-15,17,28,30H,2-5,8-9,12H2,1H3,(H,29,31)(H2,23,32,33)(H,24,26,27). The molecule has 3 rings (SSSR count). The van der Waals surface area contributed by atoms with Gasteiger partial charge in [-0.05, 0) is 62.3 Å². The average molecular weight is 490 g/mol. The van der Waals surface area contributed by atoms with Crippen molar-refractivity contribution in [1.29, 1.82) is 0 Å². The van der Waals surface area contributed by atoms with Crippen LogP contribution >= 0.6 is 0 Å². The quantitative estimate of drug-likeness (QED) is 0.192. The van der Waals surface area contributed by atoms with Gasteiger partial charge in [-0.1, -0.05) is 13.3 Å². The first-order valence-corrected chi connectivity index (χ1v) is 12.8. The Kier molecular flexibility index (Phi) is 8.91. The van der Waals surface area contributed by atoms with Gasteiger partial charge >= 0.3 is 0 Å². The summed E-state index contributed by atoms with van der Waals surface area (Å²) in [6, 6.07) is 5.63. The third-order valence-electron chi connectivity index (χ3n) is 5.48. The molecular formula is C22H31N7O4S. The van der Waals surface area contributed by atoms with Crippen molar-refractivity contribution in [1.82, 2.24) is 15.4 Å². The normalized spacial score (nSPS) is 18.6. The molecule has 1 fully saturated rings. The van der Waals surface area contributed by atoms with Crippen molar-refractivity contribution in [2.75, 3.05) is 17.3 Å². The van der Waals surface area contributed by atoms with Crippen LogP contribution in [0.1, 0.15) is 55.8 Å². The molecule has 11 nitrogen and oxygen atoms in total. The molecule has 12 heteroatoms. The van der Waals surface area contributed by atoms with E-state index in [-0.39, 0.29) is 28.3 Å². The third kappa shape index (κ3) is 7.47. The maximum absolute atomic E-state index is 12.8. The number of nitrogens with one attached hydrogen (secondary N) is 3. The van der Waals surface area contributed by atoms with Gasteiger partial charge in [-0.2, -0.15) is 4.98 Å². The summed E-state index contributed by atoms with van der Waals surface area (Å²) in [6.07, 6.45) is 8.05.